The van der Waals surface area contributed by atoms with Crippen molar-refractivity contribution in [3.05, 3.63) is 34.7 Å². The summed E-state index contributed by atoms with van der Waals surface area (Å²) < 4.78 is 5.06. The topological polar surface area (TPSA) is 83.9 Å². The van der Waals surface area contributed by atoms with Gasteiger partial charge < -0.3 is 9.84 Å². The number of thioether (sulfide) groups is 1. The number of aliphatic hydroxyl groups excluding tert-OH is 1. The number of methoxy groups -OCH3 is 1. The van der Waals surface area contributed by atoms with Crippen molar-refractivity contribution in [2.45, 2.75) is 12.8 Å². The fourth-order valence-electron chi connectivity index (χ4n) is 2.02. The van der Waals surface area contributed by atoms with Crippen molar-refractivity contribution in [1.82, 2.24) is 4.90 Å². The molecule has 1 fully saturated rings. The molecule has 0 bridgehead atoms. The molecule has 0 spiro atoms. The average Bonchev–Trinajstić information content (AvgIpc) is 2.81. The number of ether oxygens (including phenoxy) is 1. The molecule has 1 aliphatic rings. The summed E-state index contributed by atoms with van der Waals surface area (Å²) in [6, 6.07) is 7.07. The van der Waals surface area contributed by atoms with Crippen LogP contribution in [0.3, 0.4) is 0 Å². The van der Waals surface area contributed by atoms with Crippen LogP contribution in [0.4, 0.5) is 4.79 Å². The number of carbonyl (C=O) groups excluding carboxylic acids is 3. The number of carbonyl (C=O) groups is 3. The molecule has 0 unspecified atom stereocenters. The van der Waals surface area contributed by atoms with Gasteiger partial charge in [0.05, 0.1) is 18.6 Å². The number of aliphatic hydroxyl groups is 1. The van der Waals surface area contributed by atoms with Gasteiger partial charge in [-0.05, 0) is 42.0 Å². The molecule has 2 amide bonds. The van der Waals surface area contributed by atoms with Crippen LogP contribution in [0.5, 0.6) is 5.75 Å². The monoisotopic (exact) mass is 335 g/mol. The molecule has 0 radical (unpaired) electrons. The van der Waals surface area contributed by atoms with Gasteiger partial charge in [-0.25, -0.2) is 0 Å². The lowest BCUT2D eigenvalue weighted by molar-refractivity contribution is -0.128. The summed E-state index contributed by atoms with van der Waals surface area (Å²) >= 11 is 0.818. The summed E-state index contributed by atoms with van der Waals surface area (Å²) in [5, 5.41) is 8.25. The summed E-state index contributed by atoms with van der Waals surface area (Å²) in [5.41, 5.74) is 0.767. The number of hydrogen-bond donors (Lipinski definition) is 1. The first kappa shape index (κ1) is 17.2. The first-order valence-corrected chi connectivity index (χ1v) is 7.88. The normalized spacial score (nSPS) is 16.3. The largest absolute Gasteiger partial charge is 0.497 e. The molecule has 0 aliphatic carbocycles. The third-order valence-corrected chi connectivity index (χ3v) is 4.14. The van der Waals surface area contributed by atoms with Crippen molar-refractivity contribution in [3.63, 3.8) is 0 Å². The van der Waals surface area contributed by atoms with Crippen LogP contribution in [0.15, 0.2) is 29.2 Å². The van der Waals surface area contributed by atoms with E-state index in [2.05, 4.69) is 0 Å². The van der Waals surface area contributed by atoms with Crippen molar-refractivity contribution in [2.24, 2.45) is 0 Å². The van der Waals surface area contributed by atoms with Gasteiger partial charge in [-0.15, -0.1) is 0 Å². The Kier molecular flexibility index (Phi) is 5.95. The highest BCUT2D eigenvalue weighted by Gasteiger charge is 2.35. The highest BCUT2D eigenvalue weighted by Crippen LogP contribution is 2.32. The smallest absolute Gasteiger partial charge is 0.293 e. The van der Waals surface area contributed by atoms with Crippen molar-refractivity contribution < 1.29 is 24.2 Å². The molecule has 0 aromatic heterocycles. The SMILES string of the molecule is COc1ccc(/C=C2/SC(=O)N(CC(=O)CCCO)C2=O)cc1. The molecule has 6 nitrogen and oxygen atoms in total. The Hall–Kier alpha value is -2.12. The molecule has 1 aromatic carbocycles. The second kappa shape index (κ2) is 7.94. The highest BCUT2D eigenvalue weighted by molar-refractivity contribution is 8.18. The molecule has 1 aliphatic heterocycles. The Balaban J connectivity index is 2.07. The molecule has 7 heteroatoms. The summed E-state index contributed by atoms with van der Waals surface area (Å²) in [6.07, 6.45) is 2.09. The molecule has 0 atom stereocenters. The van der Waals surface area contributed by atoms with E-state index >= 15 is 0 Å². The predicted octanol–water partition coefficient (Wildman–Crippen LogP) is 2.07. The van der Waals surface area contributed by atoms with Crippen LogP contribution >= 0.6 is 11.8 Å². The van der Waals surface area contributed by atoms with Gasteiger partial charge in [-0.1, -0.05) is 12.1 Å². The average molecular weight is 335 g/mol. The van der Waals surface area contributed by atoms with Gasteiger partial charge in [-0.3, -0.25) is 19.3 Å². The predicted molar refractivity (Wildman–Crippen MR) is 87.0 cm³/mol. The maximum atomic E-state index is 12.2. The van der Waals surface area contributed by atoms with Gasteiger partial charge >= 0.3 is 0 Å². The minimum absolute atomic E-state index is 0.0923. The molecular formula is C16H17NO5S. The quantitative estimate of drug-likeness (QED) is 0.768. The number of rotatable bonds is 7. The lowest BCUT2D eigenvalue weighted by Crippen LogP contribution is -2.33. The molecule has 122 valence electrons. The van der Waals surface area contributed by atoms with Crippen LogP contribution in [-0.4, -0.2) is 47.2 Å². The third-order valence-electron chi connectivity index (χ3n) is 3.24. The zero-order chi connectivity index (χ0) is 16.8. The highest BCUT2D eigenvalue weighted by atomic mass is 32.2. The fourth-order valence-corrected chi connectivity index (χ4v) is 2.86. The fraction of sp³-hybridized carbons (Fsp3) is 0.312. The van der Waals surface area contributed by atoms with Gasteiger partial charge in [0.15, 0.2) is 5.78 Å². The Morgan fingerprint density at radius 2 is 2.00 bits per heavy atom. The number of ketones is 1. The van der Waals surface area contributed by atoms with E-state index in [9.17, 15) is 14.4 Å². The van der Waals surface area contributed by atoms with E-state index in [4.69, 9.17) is 9.84 Å². The van der Waals surface area contributed by atoms with Crippen LogP contribution in [0, 0.1) is 0 Å². The van der Waals surface area contributed by atoms with Crippen molar-refractivity contribution in [1.29, 1.82) is 0 Å². The molecule has 23 heavy (non-hydrogen) atoms. The number of benzene rings is 1. The third kappa shape index (κ3) is 4.43. The Labute approximate surface area is 138 Å². The molecule has 1 heterocycles. The second-order valence-electron chi connectivity index (χ2n) is 4.91. The van der Waals surface area contributed by atoms with Crippen molar-refractivity contribution in [2.75, 3.05) is 20.3 Å². The second-order valence-corrected chi connectivity index (χ2v) is 5.90. The van der Waals surface area contributed by atoms with E-state index in [1.165, 1.54) is 0 Å². The van der Waals surface area contributed by atoms with Gasteiger partial charge in [0.2, 0.25) is 0 Å². The van der Waals surface area contributed by atoms with E-state index in [0.29, 0.717) is 12.2 Å². The van der Waals surface area contributed by atoms with Gasteiger partial charge in [0, 0.05) is 13.0 Å². The minimum atomic E-state index is -0.465. The van der Waals surface area contributed by atoms with E-state index in [-0.39, 0.29) is 30.3 Å². The van der Waals surface area contributed by atoms with Crippen LogP contribution in [0.2, 0.25) is 0 Å². The number of hydrogen-bond acceptors (Lipinski definition) is 6. The van der Waals surface area contributed by atoms with Crippen LogP contribution in [-0.2, 0) is 9.59 Å². The molecule has 1 aromatic rings. The van der Waals surface area contributed by atoms with Gasteiger partial charge in [0.1, 0.15) is 5.75 Å². The van der Waals surface area contributed by atoms with Crippen LogP contribution < -0.4 is 4.74 Å². The summed E-state index contributed by atoms with van der Waals surface area (Å²) in [4.78, 5) is 37.1. The Morgan fingerprint density at radius 1 is 1.30 bits per heavy atom. The number of imide groups is 1. The van der Waals surface area contributed by atoms with E-state index in [1.54, 1.807) is 37.5 Å². The zero-order valence-corrected chi connectivity index (χ0v) is 13.5. The number of Topliss-reactive ketones (excluding diaryl/α,β-unsaturated/α-hetero) is 1. The van der Waals surface area contributed by atoms with E-state index in [1.807, 2.05) is 0 Å². The standard InChI is InChI=1S/C16H17NO5S/c1-22-13-6-4-11(5-7-13)9-14-15(20)17(16(21)23-14)10-12(19)3-2-8-18/h4-7,9,18H,2-3,8,10H2,1H3/b14-9+. The summed E-state index contributed by atoms with van der Waals surface area (Å²) in [7, 11) is 1.56. The van der Waals surface area contributed by atoms with Crippen LogP contribution in [0.25, 0.3) is 6.08 Å². The lowest BCUT2D eigenvalue weighted by atomic mass is 10.2. The van der Waals surface area contributed by atoms with Crippen LogP contribution in [0.1, 0.15) is 18.4 Å². The first-order valence-electron chi connectivity index (χ1n) is 7.07. The summed E-state index contributed by atoms with van der Waals surface area (Å²) in [5.74, 6) is -0.00931. The lowest BCUT2D eigenvalue weighted by Gasteiger charge is -2.10. The summed E-state index contributed by atoms with van der Waals surface area (Å²) in [6.45, 7) is -0.338. The molecule has 1 N–H and O–H groups in total. The maximum absolute atomic E-state index is 12.2. The first-order chi connectivity index (χ1) is 11.0. The van der Waals surface area contributed by atoms with Crippen molar-refractivity contribution >= 4 is 34.8 Å². The Morgan fingerprint density at radius 3 is 2.61 bits per heavy atom. The van der Waals surface area contributed by atoms with Crippen molar-refractivity contribution in [3.8, 4) is 5.75 Å². The molecule has 1 saturated heterocycles. The number of amides is 2. The maximum Gasteiger partial charge on any atom is 0.293 e. The molecule has 0 saturated carbocycles. The van der Waals surface area contributed by atoms with Gasteiger partial charge in [0.25, 0.3) is 11.1 Å². The Bertz CT molecular complexity index is 638. The van der Waals surface area contributed by atoms with Gasteiger partial charge in [-0.2, -0.15) is 0 Å². The molecular weight excluding hydrogens is 318 g/mol. The minimum Gasteiger partial charge on any atom is -0.497 e. The zero-order valence-electron chi connectivity index (χ0n) is 12.7. The van der Waals surface area contributed by atoms with E-state index in [0.717, 1.165) is 22.2 Å². The number of nitrogens with zero attached hydrogens (tertiary/aromatic N) is 1. The van der Waals surface area contributed by atoms with E-state index < -0.39 is 11.1 Å². The molecule has 2 rings (SSSR count).